The van der Waals surface area contributed by atoms with E-state index < -0.39 is 0 Å². The topological polar surface area (TPSA) is 35.2 Å². The average Bonchev–Trinajstić information content (AvgIpc) is 2.99. The molecule has 1 N–H and O–H groups in total. The number of anilines is 1. The fourth-order valence-corrected chi connectivity index (χ4v) is 3.37. The van der Waals surface area contributed by atoms with Crippen LogP contribution in [0.5, 0.6) is 0 Å². The van der Waals surface area contributed by atoms with Crippen LogP contribution in [0.2, 0.25) is 0 Å². The Bertz CT molecular complexity index is 800. The number of aromatic amines is 1. The summed E-state index contributed by atoms with van der Waals surface area (Å²) in [7, 11) is 0. The van der Waals surface area contributed by atoms with Gasteiger partial charge in [-0.1, -0.05) is 12.1 Å². The Morgan fingerprint density at radius 3 is 2.78 bits per heavy atom. The molecule has 3 heterocycles. The highest BCUT2D eigenvalue weighted by Crippen LogP contribution is 2.21. The van der Waals surface area contributed by atoms with E-state index in [1.165, 1.54) is 22.2 Å². The molecule has 0 amide bonds. The molecule has 3 aromatic rings. The van der Waals surface area contributed by atoms with Gasteiger partial charge in [0.15, 0.2) is 0 Å². The number of pyridine rings is 1. The van der Waals surface area contributed by atoms with E-state index in [-0.39, 0.29) is 0 Å². The number of piperazine rings is 1. The fourth-order valence-electron chi connectivity index (χ4n) is 3.37. The normalized spacial score (nSPS) is 16.1. The molecule has 0 atom stereocenters. The van der Waals surface area contributed by atoms with Crippen LogP contribution in [0.25, 0.3) is 11.0 Å². The number of nitrogens with zero attached hydrogens (tertiary/aromatic N) is 3. The smallest absolute Gasteiger partial charge is 0.137 e. The lowest BCUT2D eigenvalue weighted by molar-refractivity contribution is 0.250. The molecule has 0 unspecified atom stereocenters. The maximum absolute atomic E-state index is 4.37. The first-order chi connectivity index (χ1) is 11.3. The van der Waals surface area contributed by atoms with Gasteiger partial charge in [-0.15, -0.1) is 0 Å². The van der Waals surface area contributed by atoms with Crippen molar-refractivity contribution >= 4 is 16.7 Å². The van der Waals surface area contributed by atoms with Gasteiger partial charge in [-0.3, -0.25) is 4.90 Å². The lowest BCUT2D eigenvalue weighted by atomic mass is 10.1. The molecule has 4 rings (SSSR count). The lowest BCUT2D eigenvalue weighted by Crippen LogP contribution is -2.45. The summed E-state index contributed by atoms with van der Waals surface area (Å²) < 4.78 is 0. The van der Waals surface area contributed by atoms with E-state index in [1.807, 2.05) is 12.3 Å². The third-order valence-electron chi connectivity index (χ3n) is 4.67. The molecule has 23 heavy (non-hydrogen) atoms. The molecule has 0 spiro atoms. The summed E-state index contributed by atoms with van der Waals surface area (Å²) >= 11 is 0. The zero-order valence-electron chi connectivity index (χ0n) is 13.5. The Morgan fingerprint density at radius 1 is 1.09 bits per heavy atom. The van der Waals surface area contributed by atoms with Gasteiger partial charge in [0, 0.05) is 56.2 Å². The maximum atomic E-state index is 4.37. The SMILES string of the molecule is Cc1cccc(N2CCN(Cc3c[nH]c4ncccc34)CC2)c1. The first kappa shape index (κ1) is 14.3. The predicted octanol–water partition coefficient (Wildman–Crippen LogP) is 3.19. The van der Waals surface area contributed by atoms with E-state index >= 15 is 0 Å². The third kappa shape index (κ3) is 2.94. The lowest BCUT2D eigenvalue weighted by Gasteiger charge is -2.36. The number of nitrogens with one attached hydrogen (secondary N) is 1. The van der Waals surface area contributed by atoms with Gasteiger partial charge < -0.3 is 9.88 Å². The van der Waals surface area contributed by atoms with Gasteiger partial charge in [0.2, 0.25) is 0 Å². The van der Waals surface area contributed by atoms with Crippen molar-refractivity contribution in [2.45, 2.75) is 13.5 Å². The number of fused-ring (bicyclic) bond motifs is 1. The summed E-state index contributed by atoms with van der Waals surface area (Å²) in [6.45, 7) is 7.52. The number of aryl methyl sites for hydroxylation is 1. The van der Waals surface area contributed by atoms with Crippen LogP contribution in [0, 0.1) is 6.92 Å². The van der Waals surface area contributed by atoms with Crippen molar-refractivity contribution in [3.05, 3.63) is 59.9 Å². The number of rotatable bonds is 3. The number of hydrogen-bond acceptors (Lipinski definition) is 3. The van der Waals surface area contributed by atoms with Crippen LogP contribution in [-0.2, 0) is 6.54 Å². The van der Waals surface area contributed by atoms with E-state index in [0.717, 1.165) is 38.4 Å². The minimum atomic E-state index is 0.987. The minimum absolute atomic E-state index is 0.987. The highest BCUT2D eigenvalue weighted by Gasteiger charge is 2.18. The number of hydrogen-bond donors (Lipinski definition) is 1. The second kappa shape index (κ2) is 6.05. The average molecular weight is 306 g/mol. The Morgan fingerprint density at radius 2 is 1.96 bits per heavy atom. The quantitative estimate of drug-likeness (QED) is 0.807. The zero-order valence-corrected chi connectivity index (χ0v) is 13.5. The molecule has 0 bridgehead atoms. The van der Waals surface area contributed by atoms with Crippen LogP contribution in [0.4, 0.5) is 5.69 Å². The van der Waals surface area contributed by atoms with Crippen molar-refractivity contribution in [2.75, 3.05) is 31.1 Å². The summed E-state index contributed by atoms with van der Waals surface area (Å²) in [6.07, 6.45) is 3.94. The van der Waals surface area contributed by atoms with Crippen LogP contribution in [0.3, 0.4) is 0 Å². The molecule has 118 valence electrons. The Hall–Kier alpha value is -2.33. The van der Waals surface area contributed by atoms with Crippen LogP contribution in [0.1, 0.15) is 11.1 Å². The zero-order chi connectivity index (χ0) is 15.6. The molecule has 4 heteroatoms. The highest BCUT2D eigenvalue weighted by atomic mass is 15.3. The Kier molecular flexibility index (Phi) is 3.75. The molecule has 1 aliphatic heterocycles. The first-order valence-electron chi connectivity index (χ1n) is 8.24. The van der Waals surface area contributed by atoms with Gasteiger partial charge in [-0.25, -0.2) is 4.98 Å². The van der Waals surface area contributed by atoms with Gasteiger partial charge >= 0.3 is 0 Å². The second-order valence-corrected chi connectivity index (χ2v) is 6.32. The summed E-state index contributed by atoms with van der Waals surface area (Å²) in [5.74, 6) is 0. The van der Waals surface area contributed by atoms with Gasteiger partial charge in [-0.05, 0) is 42.3 Å². The second-order valence-electron chi connectivity index (χ2n) is 6.32. The molecule has 0 radical (unpaired) electrons. The molecule has 1 aliphatic rings. The summed E-state index contributed by atoms with van der Waals surface area (Å²) in [5.41, 5.74) is 5.01. The largest absolute Gasteiger partial charge is 0.369 e. The molecule has 4 nitrogen and oxygen atoms in total. The van der Waals surface area contributed by atoms with E-state index in [0.29, 0.717) is 0 Å². The summed E-state index contributed by atoms with van der Waals surface area (Å²) in [5, 5.41) is 1.24. The molecular formula is C19H22N4. The summed E-state index contributed by atoms with van der Waals surface area (Å²) in [4.78, 5) is 12.7. The number of benzene rings is 1. The third-order valence-corrected chi connectivity index (χ3v) is 4.67. The fraction of sp³-hybridized carbons (Fsp3) is 0.316. The molecule has 0 aliphatic carbocycles. The van der Waals surface area contributed by atoms with Crippen molar-refractivity contribution in [3.8, 4) is 0 Å². The Balaban J connectivity index is 1.42. The molecular weight excluding hydrogens is 284 g/mol. The van der Waals surface area contributed by atoms with Crippen molar-refractivity contribution < 1.29 is 0 Å². The van der Waals surface area contributed by atoms with E-state index in [2.05, 4.69) is 63.2 Å². The summed E-state index contributed by atoms with van der Waals surface area (Å²) in [6, 6.07) is 13.0. The maximum Gasteiger partial charge on any atom is 0.137 e. The van der Waals surface area contributed by atoms with Gasteiger partial charge in [0.1, 0.15) is 5.65 Å². The first-order valence-corrected chi connectivity index (χ1v) is 8.24. The van der Waals surface area contributed by atoms with E-state index in [4.69, 9.17) is 0 Å². The van der Waals surface area contributed by atoms with Crippen molar-refractivity contribution in [2.24, 2.45) is 0 Å². The molecule has 1 aromatic carbocycles. The molecule has 1 fully saturated rings. The van der Waals surface area contributed by atoms with Crippen LogP contribution < -0.4 is 4.90 Å². The predicted molar refractivity (Wildman–Crippen MR) is 94.8 cm³/mol. The van der Waals surface area contributed by atoms with Gasteiger partial charge in [0.05, 0.1) is 0 Å². The van der Waals surface area contributed by atoms with Crippen molar-refractivity contribution in [1.29, 1.82) is 0 Å². The number of aromatic nitrogens is 2. The van der Waals surface area contributed by atoms with Gasteiger partial charge in [-0.2, -0.15) is 0 Å². The highest BCUT2D eigenvalue weighted by molar-refractivity contribution is 5.79. The standard InChI is InChI=1S/C19H22N4/c1-15-4-2-5-17(12-15)23-10-8-22(9-11-23)14-16-13-21-19-18(16)6-3-7-20-19/h2-7,12-13H,8-11,14H2,1H3,(H,20,21). The molecule has 2 aromatic heterocycles. The Labute approximate surface area is 136 Å². The molecule has 1 saturated heterocycles. The monoisotopic (exact) mass is 306 g/mol. The van der Waals surface area contributed by atoms with Crippen LogP contribution in [-0.4, -0.2) is 41.0 Å². The molecule has 0 saturated carbocycles. The van der Waals surface area contributed by atoms with Crippen molar-refractivity contribution in [1.82, 2.24) is 14.9 Å². The van der Waals surface area contributed by atoms with Gasteiger partial charge in [0.25, 0.3) is 0 Å². The van der Waals surface area contributed by atoms with Crippen LogP contribution in [0.15, 0.2) is 48.8 Å². The van der Waals surface area contributed by atoms with Crippen molar-refractivity contribution in [3.63, 3.8) is 0 Å². The minimum Gasteiger partial charge on any atom is -0.369 e. The van der Waals surface area contributed by atoms with Crippen LogP contribution >= 0.6 is 0 Å². The van der Waals surface area contributed by atoms with E-state index in [9.17, 15) is 0 Å². The van der Waals surface area contributed by atoms with E-state index in [1.54, 1.807) is 0 Å². The number of H-pyrrole nitrogens is 1.